The van der Waals surface area contributed by atoms with Crippen molar-refractivity contribution >= 4 is 11.9 Å². The molecule has 0 fully saturated rings. The van der Waals surface area contributed by atoms with Crippen LogP contribution in [0.4, 0.5) is 0 Å². The van der Waals surface area contributed by atoms with Gasteiger partial charge >= 0.3 is 5.97 Å². The van der Waals surface area contributed by atoms with Crippen molar-refractivity contribution in [1.29, 1.82) is 0 Å². The van der Waals surface area contributed by atoms with E-state index in [1.807, 2.05) is 6.08 Å². The largest absolute Gasteiger partial charge is 0.466 e. The van der Waals surface area contributed by atoms with E-state index in [9.17, 15) is 19.8 Å². The van der Waals surface area contributed by atoms with Crippen LogP contribution >= 0.6 is 0 Å². The predicted octanol–water partition coefficient (Wildman–Crippen LogP) is 27.0. The summed E-state index contributed by atoms with van der Waals surface area (Å²) in [5, 5.41) is 23.3. The number of allylic oxidation sites excluding steroid dienone is 5. The minimum atomic E-state index is -0.843. The Morgan fingerprint density at radius 3 is 0.876 bits per heavy atom. The Hall–Kier alpha value is -1.92. The van der Waals surface area contributed by atoms with E-state index in [4.69, 9.17) is 4.74 Å². The highest BCUT2D eigenvalue weighted by molar-refractivity contribution is 5.76. The van der Waals surface area contributed by atoms with Crippen LogP contribution in [0.5, 0.6) is 0 Å². The summed E-state index contributed by atoms with van der Waals surface area (Å²) in [5.41, 5.74) is 0. The average Bonchev–Trinajstić information content (AvgIpc) is 3.63. The van der Waals surface area contributed by atoms with E-state index in [1.165, 1.54) is 379 Å². The van der Waals surface area contributed by atoms with E-state index < -0.39 is 12.1 Å². The maximum absolute atomic E-state index is 12.6. The van der Waals surface area contributed by atoms with Crippen LogP contribution in [0.3, 0.4) is 0 Å². The normalized spacial score (nSPS) is 12.6. The number of hydrogen-bond acceptors (Lipinski definition) is 5. The molecule has 89 heavy (non-hydrogen) atoms. The molecule has 0 rings (SSSR count). The highest BCUT2D eigenvalue weighted by Crippen LogP contribution is 2.20. The van der Waals surface area contributed by atoms with Gasteiger partial charge in [0.1, 0.15) is 0 Å². The van der Waals surface area contributed by atoms with Gasteiger partial charge in [-0.1, -0.05) is 416 Å². The molecule has 3 N–H and O–H groups in total. The summed E-state index contributed by atoms with van der Waals surface area (Å²) < 4.78 is 5.50. The van der Waals surface area contributed by atoms with E-state index in [2.05, 4.69) is 43.5 Å². The van der Waals surface area contributed by atoms with Crippen LogP contribution in [0.15, 0.2) is 36.5 Å². The molecule has 0 heterocycles. The fourth-order valence-electron chi connectivity index (χ4n) is 13.0. The number of esters is 1. The van der Waals surface area contributed by atoms with Gasteiger partial charge in [0.05, 0.1) is 25.4 Å². The summed E-state index contributed by atoms with van der Waals surface area (Å²) in [7, 11) is 0. The monoisotopic (exact) mass is 1250 g/mol. The van der Waals surface area contributed by atoms with Crippen molar-refractivity contribution in [2.75, 3.05) is 13.2 Å². The van der Waals surface area contributed by atoms with Gasteiger partial charge < -0.3 is 20.3 Å². The number of unbranched alkanes of at least 4 members (excludes halogenated alkanes) is 62. The molecular weight excluding hydrogens is 1090 g/mol. The minimum absolute atomic E-state index is 0.00813. The lowest BCUT2D eigenvalue weighted by atomic mass is 10.0. The van der Waals surface area contributed by atoms with Gasteiger partial charge in [-0.15, -0.1) is 0 Å². The van der Waals surface area contributed by atoms with Crippen molar-refractivity contribution in [3.63, 3.8) is 0 Å². The molecule has 0 bridgehead atoms. The van der Waals surface area contributed by atoms with Gasteiger partial charge in [-0.3, -0.25) is 9.59 Å². The number of carbonyl (C=O) groups excluding carboxylic acids is 2. The maximum atomic E-state index is 12.6. The number of aliphatic hydroxyl groups excluding tert-OH is 2. The Morgan fingerprint density at radius 2 is 0.562 bits per heavy atom. The van der Waals surface area contributed by atoms with Crippen LogP contribution in [0, 0.1) is 0 Å². The summed E-state index contributed by atoms with van der Waals surface area (Å²) in [5.74, 6) is -0.0499. The fraction of sp³-hybridized carbons (Fsp3) is 0.904. The molecule has 0 aromatic carbocycles. The van der Waals surface area contributed by atoms with Crippen LogP contribution in [0.25, 0.3) is 0 Å². The zero-order valence-electron chi connectivity index (χ0n) is 60.4. The SMILES string of the molecule is CCCCC/C=C\C/C=C\CCCCCCCC(=O)OCCCCCCCCCCCCCCCCCCCCCCCCCCCCCCCCCCCC(=O)NC(CO)C(O)/C=C/CCCCCCCCCCCCCCCCCCCCCCCC. The van der Waals surface area contributed by atoms with Gasteiger partial charge in [-0.25, -0.2) is 0 Å². The molecular formula is C83H159NO5. The van der Waals surface area contributed by atoms with E-state index in [0.29, 0.717) is 19.4 Å². The van der Waals surface area contributed by atoms with Crippen LogP contribution in [0.1, 0.15) is 457 Å². The molecule has 0 spiro atoms. The quantitative estimate of drug-likeness (QED) is 0.0320. The number of aliphatic hydroxyl groups is 2. The Morgan fingerprint density at radius 1 is 0.315 bits per heavy atom. The van der Waals surface area contributed by atoms with E-state index in [0.717, 1.165) is 51.4 Å². The molecule has 2 atom stereocenters. The Labute approximate surface area is 557 Å². The third kappa shape index (κ3) is 75.0. The van der Waals surface area contributed by atoms with Crippen LogP contribution in [-0.2, 0) is 14.3 Å². The van der Waals surface area contributed by atoms with Crippen molar-refractivity contribution in [3.05, 3.63) is 36.5 Å². The summed E-state index contributed by atoms with van der Waals surface area (Å²) in [6, 6.07) is -0.626. The molecule has 0 saturated carbocycles. The van der Waals surface area contributed by atoms with Crippen LogP contribution < -0.4 is 5.32 Å². The van der Waals surface area contributed by atoms with Crippen molar-refractivity contribution < 1.29 is 24.5 Å². The number of ether oxygens (including phenoxy) is 1. The van der Waals surface area contributed by atoms with E-state index in [-0.39, 0.29) is 18.5 Å². The van der Waals surface area contributed by atoms with Gasteiger partial charge in [0, 0.05) is 12.8 Å². The average molecular weight is 1250 g/mol. The summed E-state index contributed by atoms with van der Waals surface area (Å²) >= 11 is 0. The maximum Gasteiger partial charge on any atom is 0.305 e. The molecule has 2 unspecified atom stereocenters. The smallest absolute Gasteiger partial charge is 0.305 e. The van der Waals surface area contributed by atoms with Crippen molar-refractivity contribution in [3.8, 4) is 0 Å². The van der Waals surface area contributed by atoms with Crippen molar-refractivity contribution in [2.24, 2.45) is 0 Å². The van der Waals surface area contributed by atoms with Gasteiger partial charge in [-0.05, 0) is 64.2 Å². The molecule has 1 amide bonds. The summed E-state index contributed by atoms with van der Waals surface area (Å²) in [6.07, 6.45) is 103. The molecule has 0 aliphatic rings. The second kappa shape index (κ2) is 78.5. The fourth-order valence-corrected chi connectivity index (χ4v) is 13.0. The standard InChI is InChI=1S/C83H159NO5/c1-3-5-7-9-11-13-15-17-19-20-21-22-23-35-38-41-44-48-51-55-59-63-67-71-75-81(86)80(79-85)84-82(87)76-72-68-64-60-56-52-49-45-42-39-36-33-31-29-27-25-24-26-28-30-32-34-37-40-43-46-50-54-58-62-66-70-74-78-89-83(88)77-73-69-65-61-57-53-47-18-16-14-12-10-8-6-4-2/h12,14,18,47,71,75,80-81,85-86H,3-11,13,15-17,19-46,48-70,72-74,76-79H2,1-2H3,(H,84,87)/b14-12-,47-18-,75-71+. The van der Waals surface area contributed by atoms with Crippen molar-refractivity contribution in [2.45, 2.75) is 469 Å². The first-order chi connectivity index (χ1) is 44.0. The number of carbonyl (C=O) groups is 2. The van der Waals surface area contributed by atoms with Crippen molar-refractivity contribution in [1.82, 2.24) is 5.32 Å². The van der Waals surface area contributed by atoms with Crippen LogP contribution in [-0.4, -0.2) is 47.4 Å². The second-order valence-corrected chi connectivity index (χ2v) is 28.1. The lowest BCUT2D eigenvalue weighted by Gasteiger charge is -2.20. The molecule has 0 saturated heterocycles. The van der Waals surface area contributed by atoms with Gasteiger partial charge in [0.15, 0.2) is 0 Å². The zero-order chi connectivity index (χ0) is 64.2. The molecule has 526 valence electrons. The molecule has 6 heteroatoms. The van der Waals surface area contributed by atoms with Gasteiger partial charge in [0.25, 0.3) is 0 Å². The Bertz CT molecular complexity index is 1440. The molecule has 0 aromatic heterocycles. The summed E-state index contributed by atoms with van der Waals surface area (Å²) in [6.45, 7) is 4.92. The predicted molar refractivity (Wildman–Crippen MR) is 393 cm³/mol. The van der Waals surface area contributed by atoms with Crippen LogP contribution in [0.2, 0.25) is 0 Å². The van der Waals surface area contributed by atoms with Gasteiger partial charge in [0.2, 0.25) is 5.91 Å². The first-order valence-corrected chi connectivity index (χ1v) is 40.8. The molecule has 0 aliphatic carbocycles. The highest BCUT2D eigenvalue weighted by Gasteiger charge is 2.18. The third-order valence-corrected chi connectivity index (χ3v) is 19.2. The number of amides is 1. The number of rotatable bonds is 77. The second-order valence-electron chi connectivity index (χ2n) is 28.1. The lowest BCUT2D eigenvalue weighted by molar-refractivity contribution is -0.143. The minimum Gasteiger partial charge on any atom is -0.466 e. The summed E-state index contributed by atoms with van der Waals surface area (Å²) in [4.78, 5) is 24.6. The van der Waals surface area contributed by atoms with E-state index >= 15 is 0 Å². The third-order valence-electron chi connectivity index (χ3n) is 19.2. The highest BCUT2D eigenvalue weighted by atomic mass is 16.5. The topological polar surface area (TPSA) is 95.9 Å². The molecule has 0 radical (unpaired) electrons. The number of nitrogens with one attached hydrogen (secondary N) is 1. The first-order valence-electron chi connectivity index (χ1n) is 40.8. The Kier molecular flexibility index (Phi) is 76.8. The molecule has 0 aromatic rings. The number of hydrogen-bond donors (Lipinski definition) is 3. The molecule has 6 nitrogen and oxygen atoms in total. The first kappa shape index (κ1) is 87.1. The Balaban J connectivity index is 3.35. The van der Waals surface area contributed by atoms with E-state index in [1.54, 1.807) is 6.08 Å². The lowest BCUT2D eigenvalue weighted by Crippen LogP contribution is -2.45. The van der Waals surface area contributed by atoms with Gasteiger partial charge in [-0.2, -0.15) is 0 Å². The zero-order valence-corrected chi connectivity index (χ0v) is 60.4. The molecule has 0 aliphatic heterocycles.